The number of benzene rings is 2. The van der Waals surface area contributed by atoms with Crippen molar-refractivity contribution >= 4 is 27.6 Å². The lowest BCUT2D eigenvalue weighted by Gasteiger charge is -2.36. The van der Waals surface area contributed by atoms with Gasteiger partial charge >= 0.3 is 0 Å². The third-order valence-electron chi connectivity index (χ3n) is 5.05. The third kappa shape index (κ3) is 2.02. The smallest absolute Gasteiger partial charge is 0.201 e. The summed E-state index contributed by atoms with van der Waals surface area (Å²) in [5.41, 5.74) is 0.00649. The Balaban J connectivity index is 2.27. The SMILES string of the molecule is COc1cc2c(c3c1c(=O)c1ccccc1n3C)C(=O)[C@@H](O)C(C)(C)O2. The fourth-order valence-corrected chi connectivity index (χ4v) is 3.66. The number of fused-ring (bicyclic) bond motifs is 4. The van der Waals surface area contributed by atoms with Gasteiger partial charge in [-0.2, -0.15) is 0 Å². The van der Waals surface area contributed by atoms with Crippen molar-refractivity contribution in [3.63, 3.8) is 0 Å². The fourth-order valence-electron chi connectivity index (χ4n) is 3.66. The van der Waals surface area contributed by atoms with Crippen molar-refractivity contribution in [2.24, 2.45) is 7.05 Å². The Morgan fingerprint density at radius 1 is 1.23 bits per heavy atom. The zero-order valence-electron chi connectivity index (χ0n) is 15.0. The average molecular weight is 353 g/mol. The van der Waals surface area contributed by atoms with E-state index in [1.165, 1.54) is 7.11 Å². The van der Waals surface area contributed by atoms with E-state index < -0.39 is 17.5 Å². The third-order valence-corrected chi connectivity index (χ3v) is 5.05. The summed E-state index contributed by atoms with van der Waals surface area (Å²) in [6.45, 7) is 3.29. The number of carbonyl (C=O) groups is 1. The summed E-state index contributed by atoms with van der Waals surface area (Å²) in [5.74, 6) is 0.180. The number of aryl methyl sites for hydroxylation is 1. The molecule has 0 aliphatic carbocycles. The number of Topliss-reactive ketones (excluding diaryl/α,β-unsaturated/α-hetero) is 1. The number of aliphatic hydroxyl groups excluding tert-OH is 1. The van der Waals surface area contributed by atoms with Crippen molar-refractivity contribution in [1.82, 2.24) is 4.57 Å². The second kappa shape index (κ2) is 5.32. The maximum Gasteiger partial charge on any atom is 0.201 e. The number of carbonyl (C=O) groups excluding carboxylic acids is 1. The number of hydrogen-bond acceptors (Lipinski definition) is 5. The number of hydrogen-bond donors (Lipinski definition) is 1. The maximum absolute atomic E-state index is 13.1. The first-order valence-electron chi connectivity index (χ1n) is 8.31. The van der Waals surface area contributed by atoms with Gasteiger partial charge in [0, 0.05) is 18.5 Å². The summed E-state index contributed by atoms with van der Waals surface area (Å²) >= 11 is 0. The molecule has 1 aliphatic heterocycles. The van der Waals surface area contributed by atoms with Crippen molar-refractivity contribution in [2.45, 2.75) is 25.6 Å². The van der Waals surface area contributed by atoms with Gasteiger partial charge in [-0.25, -0.2) is 0 Å². The number of rotatable bonds is 1. The lowest BCUT2D eigenvalue weighted by Crippen LogP contribution is -2.50. The van der Waals surface area contributed by atoms with Gasteiger partial charge in [0.25, 0.3) is 0 Å². The molecule has 0 saturated carbocycles. The van der Waals surface area contributed by atoms with Crippen LogP contribution in [0.4, 0.5) is 0 Å². The minimum absolute atomic E-state index is 0.206. The van der Waals surface area contributed by atoms with Crippen LogP contribution in [0.15, 0.2) is 35.1 Å². The predicted octanol–water partition coefficient (Wildman–Crippen LogP) is 2.41. The molecule has 6 nitrogen and oxygen atoms in total. The number of ether oxygens (including phenoxy) is 2. The summed E-state index contributed by atoms with van der Waals surface area (Å²) in [6, 6.07) is 8.74. The van der Waals surface area contributed by atoms with Gasteiger partial charge in [-0.15, -0.1) is 0 Å². The van der Waals surface area contributed by atoms with Gasteiger partial charge in [-0.05, 0) is 26.0 Å². The van der Waals surface area contributed by atoms with E-state index in [9.17, 15) is 14.7 Å². The van der Waals surface area contributed by atoms with Crippen molar-refractivity contribution < 1.29 is 19.4 Å². The Bertz CT molecular complexity index is 1140. The van der Waals surface area contributed by atoms with Gasteiger partial charge in [0.05, 0.1) is 29.1 Å². The first-order valence-corrected chi connectivity index (χ1v) is 8.31. The van der Waals surface area contributed by atoms with Crippen LogP contribution < -0.4 is 14.9 Å². The molecule has 0 saturated heterocycles. The van der Waals surface area contributed by atoms with Gasteiger partial charge in [0.1, 0.15) is 17.1 Å². The number of nitrogens with zero attached hydrogens (tertiary/aromatic N) is 1. The summed E-state index contributed by atoms with van der Waals surface area (Å²) in [4.78, 5) is 26.1. The van der Waals surface area contributed by atoms with Crippen molar-refractivity contribution in [3.05, 3.63) is 46.1 Å². The molecular formula is C20H19NO5. The van der Waals surface area contributed by atoms with E-state index in [2.05, 4.69) is 0 Å². The lowest BCUT2D eigenvalue weighted by atomic mass is 9.88. The molecular weight excluding hydrogens is 334 g/mol. The van der Waals surface area contributed by atoms with Gasteiger partial charge in [0.15, 0.2) is 6.10 Å². The summed E-state index contributed by atoms with van der Waals surface area (Å²) < 4.78 is 13.1. The molecule has 26 heavy (non-hydrogen) atoms. The number of ketones is 1. The average Bonchev–Trinajstić information content (AvgIpc) is 2.62. The van der Waals surface area contributed by atoms with Crippen LogP contribution in [-0.2, 0) is 7.05 Å². The zero-order chi connectivity index (χ0) is 18.8. The van der Waals surface area contributed by atoms with Crippen LogP contribution in [0.1, 0.15) is 24.2 Å². The normalized spacial score (nSPS) is 18.7. The first kappa shape index (κ1) is 16.6. The van der Waals surface area contributed by atoms with E-state index >= 15 is 0 Å². The van der Waals surface area contributed by atoms with Gasteiger partial charge < -0.3 is 19.1 Å². The van der Waals surface area contributed by atoms with Crippen LogP contribution in [-0.4, -0.2) is 34.3 Å². The Morgan fingerprint density at radius 3 is 2.62 bits per heavy atom. The number of aromatic nitrogens is 1. The van der Waals surface area contributed by atoms with Crippen molar-refractivity contribution in [2.75, 3.05) is 7.11 Å². The molecule has 0 unspecified atom stereocenters. The highest BCUT2D eigenvalue weighted by atomic mass is 16.5. The Morgan fingerprint density at radius 2 is 1.92 bits per heavy atom. The molecule has 1 aromatic heterocycles. The van der Waals surface area contributed by atoms with Crippen LogP contribution in [0, 0.1) is 0 Å². The van der Waals surface area contributed by atoms with Crippen LogP contribution in [0.25, 0.3) is 21.8 Å². The minimum atomic E-state index is -1.33. The molecule has 1 atom stereocenters. The summed E-state index contributed by atoms with van der Waals surface area (Å²) in [7, 11) is 3.25. The van der Waals surface area contributed by atoms with E-state index in [-0.39, 0.29) is 11.0 Å². The van der Waals surface area contributed by atoms with Crippen LogP contribution in [0.5, 0.6) is 11.5 Å². The monoisotopic (exact) mass is 353 g/mol. The Kier molecular flexibility index (Phi) is 3.39. The number of para-hydroxylation sites is 1. The topological polar surface area (TPSA) is 77.8 Å². The molecule has 0 fully saturated rings. The van der Waals surface area contributed by atoms with E-state index in [0.717, 1.165) is 0 Å². The molecule has 0 amide bonds. The quantitative estimate of drug-likeness (QED) is 0.680. The summed E-state index contributed by atoms with van der Waals surface area (Å²) in [6.07, 6.45) is -1.33. The second-order valence-electron chi connectivity index (χ2n) is 7.05. The van der Waals surface area contributed by atoms with Gasteiger partial charge in [0.2, 0.25) is 11.2 Å². The highest BCUT2D eigenvalue weighted by Gasteiger charge is 2.44. The van der Waals surface area contributed by atoms with E-state index in [1.807, 2.05) is 12.1 Å². The molecule has 4 rings (SSSR count). The van der Waals surface area contributed by atoms with E-state index in [0.29, 0.717) is 33.3 Å². The van der Waals surface area contributed by atoms with Crippen LogP contribution in [0.3, 0.4) is 0 Å². The summed E-state index contributed by atoms with van der Waals surface area (Å²) in [5, 5.41) is 11.3. The molecule has 2 heterocycles. The molecule has 1 N–H and O–H groups in total. The number of aliphatic hydroxyl groups is 1. The van der Waals surface area contributed by atoms with Crippen LogP contribution in [0.2, 0.25) is 0 Å². The largest absolute Gasteiger partial charge is 0.496 e. The lowest BCUT2D eigenvalue weighted by molar-refractivity contribution is -0.0247. The molecule has 0 bridgehead atoms. The highest BCUT2D eigenvalue weighted by molar-refractivity contribution is 6.15. The Hall–Kier alpha value is -2.86. The second-order valence-corrected chi connectivity index (χ2v) is 7.05. The molecule has 2 aromatic carbocycles. The fraction of sp³-hybridized carbons (Fsp3) is 0.300. The minimum Gasteiger partial charge on any atom is -0.496 e. The van der Waals surface area contributed by atoms with Crippen molar-refractivity contribution in [1.29, 1.82) is 0 Å². The predicted molar refractivity (Wildman–Crippen MR) is 98.3 cm³/mol. The number of pyridine rings is 1. The molecule has 134 valence electrons. The standard InChI is InChI=1S/C20H19NO5/c1-20(2)19(24)18(23)15-13(26-20)9-12(25-4)14-16(15)21(3)11-8-6-5-7-10(11)17(14)22/h5-9,19,24H,1-4H3/t19-/m1/s1. The maximum atomic E-state index is 13.1. The molecule has 3 aromatic rings. The highest BCUT2D eigenvalue weighted by Crippen LogP contribution is 2.41. The molecule has 0 radical (unpaired) electrons. The van der Waals surface area contributed by atoms with E-state index in [4.69, 9.17) is 9.47 Å². The molecule has 1 aliphatic rings. The molecule has 6 heteroatoms. The van der Waals surface area contributed by atoms with Gasteiger partial charge in [-0.1, -0.05) is 12.1 Å². The van der Waals surface area contributed by atoms with Gasteiger partial charge in [-0.3, -0.25) is 9.59 Å². The zero-order valence-corrected chi connectivity index (χ0v) is 15.0. The Labute approximate surface area is 149 Å². The molecule has 0 spiro atoms. The van der Waals surface area contributed by atoms with Crippen molar-refractivity contribution in [3.8, 4) is 11.5 Å². The first-order chi connectivity index (χ1) is 12.3. The number of methoxy groups -OCH3 is 1. The van der Waals surface area contributed by atoms with E-state index in [1.54, 1.807) is 43.7 Å². The van der Waals surface area contributed by atoms with Crippen LogP contribution >= 0.6 is 0 Å².